The number of aryl methyl sites for hydroxylation is 1. The van der Waals surface area contributed by atoms with Crippen molar-refractivity contribution in [3.8, 4) is 0 Å². The Labute approximate surface area is 176 Å². The van der Waals surface area contributed by atoms with E-state index in [1.165, 1.54) is 6.42 Å². The van der Waals surface area contributed by atoms with E-state index in [1.807, 2.05) is 12.3 Å². The summed E-state index contributed by atoms with van der Waals surface area (Å²) in [6.07, 6.45) is 6.08. The van der Waals surface area contributed by atoms with Gasteiger partial charge in [-0.3, -0.25) is 9.79 Å². The van der Waals surface area contributed by atoms with E-state index < -0.39 is 0 Å². The minimum absolute atomic E-state index is 0. The van der Waals surface area contributed by atoms with Crippen LogP contribution < -0.4 is 16.2 Å². The highest BCUT2D eigenvalue weighted by molar-refractivity contribution is 14.0. The van der Waals surface area contributed by atoms with Gasteiger partial charge in [-0.1, -0.05) is 26.8 Å². The number of aliphatic imine (C=N–C) groups is 1. The zero-order chi connectivity index (χ0) is 18.7. The van der Waals surface area contributed by atoms with Crippen molar-refractivity contribution in [2.45, 2.75) is 72.9 Å². The Morgan fingerprint density at radius 1 is 1.27 bits per heavy atom. The first kappa shape index (κ1) is 24.9. The summed E-state index contributed by atoms with van der Waals surface area (Å²) in [6, 6.07) is 5.67. The van der Waals surface area contributed by atoms with Gasteiger partial charge >= 0.3 is 0 Å². The molecule has 0 fully saturated rings. The predicted octanol–water partition coefficient (Wildman–Crippen LogP) is 4.02. The van der Waals surface area contributed by atoms with Gasteiger partial charge in [-0.2, -0.15) is 0 Å². The van der Waals surface area contributed by atoms with Crippen LogP contribution in [0.15, 0.2) is 34.2 Å². The van der Waals surface area contributed by atoms with Crippen molar-refractivity contribution in [1.82, 2.24) is 15.2 Å². The minimum Gasteiger partial charge on any atom is -0.357 e. The van der Waals surface area contributed by atoms with Gasteiger partial charge in [0.15, 0.2) is 5.96 Å². The quantitative estimate of drug-likeness (QED) is 0.245. The Hall–Kier alpha value is -1.05. The molecule has 0 saturated carbocycles. The first-order chi connectivity index (χ1) is 11.8. The van der Waals surface area contributed by atoms with Crippen LogP contribution in [0.5, 0.6) is 0 Å². The van der Waals surface area contributed by atoms with Crippen LogP contribution in [0.25, 0.3) is 0 Å². The van der Waals surface area contributed by atoms with Crippen molar-refractivity contribution in [2.24, 2.45) is 10.4 Å². The number of hydrogen-bond acceptors (Lipinski definition) is 2. The Morgan fingerprint density at radius 3 is 2.62 bits per heavy atom. The Bertz CT molecular complexity index is 578. The molecule has 1 unspecified atom stereocenters. The van der Waals surface area contributed by atoms with Crippen molar-refractivity contribution >= 4 is 29.9 Å². The van der Waals surface area contributed by atoms with E-state index in [0.29, 0.717) is 11.5 Å². The standard InChI is InChI=1S/C20H36N4O.HI/c1-6-21-19(23-17(2)12-13-20(3,4)5)22-14-8-10-16-24-15-9-7-11-18(24)25;/h7,9,11,15,17H,6,8,10,12-14,16H2,1-5H3,(H2,21,22,23);1H. The lowest BCUT2D eigenvalue weighted by Crippen LogP contribution is -2.42. The average molecular weight is 476 g/mol. The van der Waals surface area contributed by atoms with Crippen molar-refractivity contribution in [1.29, 1.82) is 0 Å². The second kappa shape index (κ2) is 13.2. The Balaban J connectivity index is 0.00000625. The molecule has 0 aliphatic heterocycles. The van der Waals surface area contributed by atoms with Gasteiger partial charge in [0.05, 0.1) is 0 Å². The number of hydrogen-bond donors (Lipinski definition) is 2. The number of halogens is 1. The molecule has 0 spiro atoms. The second-order valence-corrected chi connectivity index (χ2v) is 7.84. The molecule has 26 heavy (non-hydrogen) atoms. The van der Waals surface area contributed by atoms with Crippen molar-refractivity contribution < 1.29 is 0 Å². The molecule has 0 aromatic carbocycles. The Morgan fingerprint density at radius 2 is 2.00 bits per heavy atom. The molecule has 6 heteroatoms. The van der Waals surface area contributed by atoms with Gasteiger partial charge in [0.2, 0.25) is 5.56 Å². The van der Waals surface area contributed by atoms with E-state index >= 15 is 0 Å². The van der Waals surface area contributed by atoms with E-state index in [0.717, 1.165) is 44.9 Å². The maximum atomic E-state index is 11.6. The van der Waals surface area contributed by atoms with Gasteiger partial charge < -0.3 is 15.2 Å². The van der Waals surface area contributed by atoms with Crippen LogP contribution in [-0.4, -0.2) is 29.7 Å². The molecule has 150 valence electrons. The zero-order valence-electron chi connectivity index (χ0n) is 17.0. The number of nitrogens with zero attached hydrogens (tertiary/aromatic N) is 2. The molecule has 1 aromatic heterocycles. The van der Waals surface area contributed by atoms with Crippen LogP contribution in [0, 0.1) is 5.41 Å². The third-order valence-electron chi connectivity index (χ3n) is 4.03. The molecule has 1 aromatic rings. The summed E-state index contributed by atoms with van der Waals surface area (Å²) in [5.74, 6) is 0.890. The molecule has 5 nitrogen and oxygen atoms in total. The summed E-state index contributed by atoms with van der Waals surface area (Å²) in [5, 5.41) is 6.80. The van der Waals surface area contributed by atoms with Gasteiger partial charge in [0, 0.05) is 37.9 Å². The highest BCUT2D eigenvalue weighted by Crippen LogP contribution is 2.21. The topological polar surface area (TPSA) is 58.4 Å². The van der Waals surface area contributed by atoms with Gasteiger partial charge in [0.25, 0.3) is 0 Å². The highest BCUT2D eigenvalue weighted by Gasteiger charge is 2.13. The third-order valence-corrected chi connectivity index (χ3v) is 4.03. The van der Waals surface area contributed by atoms with Gasteiger partial charge in [-0.05, 0) is 51.0 Å². The first-order valence-electron chi connectivity index (χ1n) is 9.52. The number of unbranched alkanes of at least 4 members (excludes halogenated alkanes) is 1. The van der Waals surface area contributed by atoms with Crippen molar-refractivity contribution in [2.75, 3.05) is 13.1 Å². The van der Waals surface area contributed by atoms with Crippen LogP contribution in [0.3, 0.4) is 0 Å². The largest absolute Gasteiger partial charge is 0.357 e. The van der Waals surface area contributed by atoms with Gasteiger partial charge in [-0.15, -0.1) is 24.0 Å². The summed E-state index contributed by atoms with van der Waals surface area (Å²) in [4.78, 5) is 16.3. The molecule has 1 rings (SSSR count). The highest BCUT2D eigenvalue weighted by atomic mass is 127. The van der Waals surface area contributed by atoms with E-state index in [2.05, 4.69) is 50.2 Å². The van der Waals surface area contributed by atoms with Gasteiger partial charge in [0.1, 0.15) is 0 Å². The molecule has 0 aliphatic rings. The Kier molecular flexibility index (Phi) is 12.6. The van der Waals surface area contributed by atoms with Crippen LogP contribution in [0.1, 0.15) is 60.3 Å². The third kappa shape index (κ3) is 11.5. The lowest BCUT2D eigenvalue weighted by Gasteiger charge is -2.23. The summed E-state index contributed by atoms with van der Waals surface area (Å²) in [5.41, 5.74) is 0.426. The van der Waals surface area contributed by atoms with E-state index in [9.17, 15) is 4.79 Å². The molecule has 0 bridgehead atoms. The summed E-state index contributed by atoms with van der Waals surface area (Å²) >= 11 is 0. The molecule has 0 saturated heterocycles. The predicted molar refractivity (Wildman–Crippen MR) is 123 cm³/mol. The number of aromatic nitrogens is 1. The van der Waals surface area contributed by atoms with E-state index in [1.54, 1.807) is 16.7 Å². The molecule has 1 heterocycles. The van der Waals surface area contributed by atoms with Crippen LogP contribution in [-0.2, 0) is 6.54 Å². The van der Waals surface area contributed by atoms with E-state index in [-0.39, 0.29) is 29.5 Å². The average Bonchev–Trinajstić information content (AvgIpc) is 2.54. The molecular formula is C20H37IN4O. The number of nitrogens with one attached hydrogen (secondary N) is 2. The normalized spacial score (nSPS) is 13.0. The summed E-state index contributed by atoms with van der Waals surface area (Å²) in [6.45, 7) is 13.5. The van der Waals surface area contributed by atoms with Crippen LogP contribution >= 0.6 is 24.0 Å². The summed E-state index contributed by atoms with van der Waals surface area (Å²) < 4.78 is 1.75. The SMILES string of the molecule is CCNC(=NCCCCn1ccccc1=O)NC(C)CCC(C)(C)C.I. The number of guanidine groups is 1. The molecular weight excluding hydrogens is 439 g/mol. The fourth-order valence-corrected chi connectivity index (χ4v) is 2.51. The number of rotatable bonds is 9. The fraction of sp³-hybridized carbons (Fsp3) is 0.700. The monoisotopic (exact) mass is 476 g/mol. The second-order valence-electron chi connectivity index (χ2n) is 7.84. The molecule has 0 amide bonds. The smallest absolute Gasteiger partial charge is 0.250 e. The lowest BCUT2D eigenvalue weighted by atomic mass is 9.89. The van der Waals surface area contributed by atoms with Crippen molar-refractivity contribution in [3.05, 3.63) is 34.7 Å². The molecule has 2 N–H and O–H groups in total. The van der Waals surface area contributed by atoms with Crippen molar-refractivity contribution in [3.63, 3.8) is 0 Å². The van der Waals surface area contributed by atoms with Crippen LogP contribution in [0.2, 0.25) is 0 Å². The molecule has 0 radical (unpaired) electrons. The lowest BCUT2D eigenvalue weighted by molar-refractivity contribution is 0.346. The molecule has 0 aliphatic carbocycles. The maximum Gasteiger partial charge on any atom is 0.250 e. The van der Waals surface area contributed by atoms with Gasteiger partial charge in [-0.25, -0.2) is 0 Å². The number of pyridine rings is 1. The molecule has 1 atom stereocenters. The van der Waals surface area contributed by atoms with Crippen LogP contribution in [0.4, 0.5) is 0 Å². The maximum absolute atomic E-state index is 11.6. The first-order valence-corrected chi connectivity index (χ1v) is 9.52. The summed E-state index contributed by atoms with van der Waals surface area (Å²) in [7, 11) is 0. The zero-order valence-corrected chi connectivity index (χ0v) is 19.4. The van der Waals surface area contributed by atoms with E-state index in [4.69, 9.17) is 0 Å². The minimum atomic E-state index is 0. The fourth-order valence-electron chi connectivity index (χ4n) is 2.51.